The number of ether oxygens (including phenoxy) is 1. The van der Waals surface area contributed by atoms with Gasteiger partial charge in [-0.05, 0) is 41.8 Å². The van der Waals surface area contributed by atoms with E-state index in [1.165, 1.54) is 24.3 Å². The Balaban J connectivity index is 1.60. The molecule has 0 spiro atoms. The van der Waals surface area contributed by atoms with Gasteiger partial charge >= 0.3 is 11.9 Å². The van der Waals surface area contributed by atoms with E-state index in [0.717, 1.165) is 0 Å². The minimum Gasteiger partial charge on any atom is -0.483 e. The van der Waals surface area contributed by atoms with E-state index in [0.29, 0.717) is 21.2 Å². The predicted molar refractivity (Wildman–Crippen MR) is 118 cm³/mol. The fourth-order valence-corrected chi connectivity index (χ4v) is 3.83. The number of fused-ring (bicyclic) bond motifs is 2. The Bertz CT molecular complexity index is 1410. The maximum absolute atomic E-state index is 12.5. The summed E-state index contributed by atoms with van der Waals surface area (Å²) in [5.74, 6) is -3.16. The van der Waals surface area contributed by atoms with E-state index in [1.807, 2.05) is 0 Å². The van der Waals surface area contributed by atoms with Gasteiger partial charge in [0.15, 0.2) is 12.2 Å². The largest absolute Gasteiger partial charge is 0.483 e. The van der Waals surface area contributed by atoms with E-state index >= 15 is 0 Å². The van der Waals surface area contributed by atoms with Crippen LogP contribution in [0.25, 0.3) is 21.7 Å². The average Bonchev–Trinajstić information content (AvgIpc) is 3.17. The molecule has 1 heterocycles. The highest BCUT2D eigenvalue weighted by atomic mass is 35.5. The molecular weight excluding hydrogens is 461 g/mol. The van der Waals surface area contributed by atoms with E-state index in [1.54, 1.807) is 24.3 Å². The van der Waals surface area contributed by atoms with E-state index in [-0.39, 0.29) is 33.4 Å². The van der Waals surface area contributed by atoms with Crippen molar-refractivity contribution in [3.8, 4) is 5.75 Å². The van der Waals surface area contributed by atoms with Crippen molar-refractivity contribution in [3.63, 3.8) is 0 Å². The summed E-state index contributed by atoms with van der Waals surface area (Å²) in [6.07, 6.45) is 0. The molecule has 4 rings (SSSR count). The van der Waals surface area contributed by atoms with Gasteiger partial charge in [-0.25, -0.2) is 9.59 Å². The summed E-state index contributed by atoms with van der Waals surface area (Å²) in [6, 6.07) is 11.9. The molecular formula is C22H13Cl2NO7. The first-order chi connectivity index (χ1) is 15.2. The van der Waals surface area contributed by atoms with Crippen molar-refractivity contribution in [2.24, 2.45) is 0 Å². The number of benzene rings is 3. The molecule has 0 aliphatic carbocycles. The highest BCUT2D eigenvalue weighted by molar-refractivity contribution is 6.39. The summed E-state index contributed by atoms with van der Waals surface area (Å²) >= 11 is 12.3. The number of carbonyl (C=O) groups is 3. The van der Waals surface area contributed by atoms with Crippen molar-refractivity contribution in [1.82, 2.24) is 0 Å². The highest BCUT2D eigenvalue weighted by Crippen LogP contribution is 2.36. The molecule has 0 saturated carbocycles. The molecule has 3 N–H and O–H groups in total. The summed E-state index contributed by atoms with van der Waals surface area (Å²) in [6.45, 7) is -0.472. The Morgan fingerprint density at radius 3 is 2.47 bits per heavy atom. The second-order valence-corrected chi connectivity index (χ2v) is 7.59. The van der Waals surface area contributed by atoms with Gasteiger partial charge in [0.2, 0.25) is 5.76 Å². The lowest BCUT2D eigenvalue weighted by atomic mass is 10.1. The molecule has 1 amide bonds. The van der Waals surface area contributed by atoms with Crippen LogP contribution in [0.2, 0.25) is 10.0 Å². The maximum atomic E-state index is 12.5. The number of hydrogen-bond acceptors (Lipinski definition) is 5. The van der Waals surface area contributed by atoms with E-state index in [9.17, 15) is 19.5 Å². The topological polar surface area (TPSA) is 126 Å². The molecule has 162 valence electrons. The second kappa shape index (κ2) is 8.41. The summed E-state index contributed by atoms with van der Waals surface area (Å²) in [5, 5.41) is 23.0. The second-order valence-electron chi connectivity index (χ2n) is 6.74. The lowest BCUT2D eigenvalue weighted by Gasteiger charge is -2.13. The SMILES string of the molecule is O=C(COc1cc(C(=O)O)cc2cc(Cl)cc(Cl)c12)Nc1cccc2cc(C(=O)O)oc12. The molecule has 0 aliphatic rings. The Hall–Kier alpha value is -3.75. The monoisotopic (exact) mass is 473 g/mol. The fourth-order valence-electron chi connectivity index (χ4n) is 3.22. The van der Waals surface area contributed by atoms with Gasteiger partial charge in [-0.1, -0.05) is 35.3 Å². The Morgan fingerprint density at radius 1 is 0.969 bits per heavy atom. The predicted octanol–water partition coefficient (Wildman–Crippen LogP) is 5.31. The van der Waals surface area contributed by atoms with E-state index < -0.39 is 24.5 Å². The molecule has 4 aromatic rings. The first kappa shape index (κ1) is 21.5. The van der Waals surface area contributed by atoms with Gasteiger partial charge in [0.05, 0.1) is 16.3 Å². The van der Waals surface area contributed by atoms with Gasteiger partial charge in [0.25, 0.3) is 5.91 Å². The molecule has 0 aliphatic heterocycles. The van der Waals surface area contributed by atoms with Crippen molar-refractivity contribution in [2.75, 3.05) is 11.9 Å². The van der Waals surface area contributed by atoms with Crippen LogP contribution in [0.1, 0.15) is 20.9 Å². The number of carbonyl (C=O) groups excluding carboxylic acids is 1. The van der Waals surface area contributed by atoms with Crippen LogP contribution in [0.5, 0.6) is 5.75 Å². The molecule has 8 nitrogen and oxygen atoms in total. The van der Waals surface area contributed by atoms with Crippen LogP contribution in [0, 0.1) is 0 Å². The van der Waals surface area contributed by atoms with Gasteiger partial charge in [-0.3, -0.25) is 4.79 Å². The number of para-hydroxylation sites is 1. The molecule has 0 atom stereocenters. The van der Waals surface area contributed by atoms with Crippen molar-refractivity contribution in [1.29, 1.82) is 0 Å². The van der Waals surface area contributed by atoms with Crippen LogP contribution < -0.4 is 10.1 Å². The molecule has 3 aromatic carbocycles. The molecule has 32 heavy (non-hydrogen) atoms. The lowest BCUT2D eigenvalue weighted by molar-refractivity contribution is -0.118. The first-order valence-corrected chi connectivity index (χ1v) is 9.83. The van der Waals surface area contributed by atoms with Crippen molar-refractivity contribution in [3.05, 3.63) is 69.9 Å². The zero-order valence-electron chi connectivity index (χ0n) is 16.0. The Kier molecular flexibility index (Phi) is 5.65. The van der Waals surface area contributed by atoms with Crippen LogP contribution in [-0.2, 0) is 4.79 Å². The van der Waals surface area contributed by atoms with Crippen LogP contribution in [0.3, 0.4) is 0 Å². The third-order valence-electron chi connectivity index (χ3n) is 4.56. The van der Waals surface area contributed by atoms with Crippen molar-refractivity contribution >= 4 is 68.5 Å². The van der Waals surface area contributed by atoms with Gasteiger partial charge in [-0.15, -0.1) is 0 Å². The number of anilines is 1. The minimum atomic E-state index is -1.23. The highest BCUT2D eigenvalue weighted by Gasteiger charge is 2.17. The molecule has 0 bridgehead atoms. The number of furan rings is 1. The first-order valence-electron chi connectivity index (χ1n) is 9.07. The lowest BCUT2D eigenvalue weighted by Crippen LogP contribution is -2.20. The van der Waals surface area contributed by atoms with Crippen LogP contribution in [0.15, 0.2) is 52.9 Å². The molecule has 0 fully saturated rings. The van der Waals surface area contributed by atoms with Crippen molar-refractivity contribution < 1.29 is 33.8 Å². The number of amides is 1. The third-order valence-corrected chi connectivity index (χ3v) is 5.08. The standard InChI is InChI=1S/C22H13Cl2NO7/c23-13-5-11-4-12(21(27)28)7-16(19(11)14(24)8-13)31-9-18(26)25-15-3-1-2-10-6-17(22(29)30)32-20(10)15/h1-8H,9H2,(H,25,26)(H,27,28)(H,29,30). The minimum absolute atomic E-state index is 0.0622. The average molecular weight is 474 g/mol. The van der Waals surface area contributed by atoms with Crippen LogP contribution in [0.4, 0.5) is 5.69 Å². The fraction of sp³-hybridized carbons (Fsp3) is 0.0455. The van der Waals surface area contributed by atoms with E-state index in [4.69, 9.17) is 37.5 Å². The van der Waals surface area contributed by atoms with Crippen LogP contribution >= 0.6 is 23.2 Å². The zero-order chi connectivity index (χ0) is 23.0. The van der Waals surface area contributed by atoms with Gasteiger partial charge in [0.1, 0.15) is 5.75 Å². The maximum Gasteiger partial charge on any atom is 0.371 e. The Labute approximate surface area is 189 Å². The van der Waals surface area contributed by atoms with Gasteiger partial charge in [-0.2, -0.15) is 0 Å². The third kappa shape index (κ3) is 4.18. The van der Waals surface area contributed by atoms with E-state index in [2.05, 4.69) is 5.32 Å². The number of carboxylic acid groups (broad SMARTS) is 2. The Morgan fingerprint density at radius 2 is 1.75 bits per heavy atom. The number of carboxylic acids is 2. The van der Waals surface area contributed by atoms with Crippen LogP contribution in [-0.4, -0.2) is 34.7 Å². The molecule has 0 saturated heterocycles. The summed E-state index contributed by atoms with van der Waals surface area (Å²) in [7, 11) is 0. The number of nitrogens with one attached hydrogen (secondary N) is 1. The number of halogens is 2. The van der Waals surface area contributed by atoms with Gasteiger partial charge in [0, 0.05) is 15.8 Å². The normalized spacial score (nSPS) is 10.9. The smallest absolute Gasteiger partial charge is 0.371 e. The molecule has 1 aromatic heterocycles. The number of hydrogen-bond donors (Lipinski definition) is 3. The summed E-state index contributed by atoms with van der Waals surface area (Å²) in [4.78, 5) is 35.1. The summed E-state index contributed by atoms with van der Waals surface area (Å²) in [5.41, 5.74) is 0.402. The number of aromatic carboxylic acids is 2. The zero-order valence-corrected chi connectivity index (χ0v) is 17.5. The van der Waals surface area contributed by atoms with Gasteiger partial charge < -0.3 is 24.7 Å². The molecule has 0 unspecified atom stereocenters. The molecule has 10 heteroatoms. The van der Waals surface area contributed by atoms with Crippen molar-refractivity contribution in [2.45, 2.75) is 0 Å². The molecule has 0 radical (unpaired) electrons. The summed E-state index contributed by atoms with van der Waals surface area (Å²) < 4.78 is 10.9. The number of rotatable bonds is 6. The quantitative estimate of drug-likeness (QED) is 0.346.